The molecule has 1 aromatic carbocycles. The van der Waals surface area contributed by atoms with Gasteiger partial charge in [-0.3, -0.25) is 9.78 Å². The van der Waals surface area contributed by atoms with Gasteiger partial charge in [-0.05, 0) is 44.9 Å². The summed E-state index contributed by atoms with van der Waals surface area (Å²) in [7, 11) is 0. The van der Waals surface area contributed by atoms with Crippen molar-refractivity contribution in [3.63, 3.8) is 0 Å². The number of carbonyl (C=O) groups excluding carboxylic acids is 1. The van der Waals surface area contributed by atoms with E-state index in [0.717, 1.165) is 48.7 Å². The summed E-state index contributed by atoms with van der Waals surface area (Å²) in [5.41, 5.74) is 4.09. The summed E-state index contributed by atoms with van der Waals surface area (Å²) >= 11 is 0. The van der Waals surface area contributed by atoms with Crippen molar-refractivity contribution < 1.29 is 4.79 Å². The van der Waals surface area contributed by atoms with Crippen molar-refractivity contribution in [1.29, 1.82) is 5.26 Å². The second-order valence-electron chi connectivity index (χ2n) is 6.47. The zero-order valence-corrected chi connectivity index (χ0v) is 14.6. The Bertz CT molecular complexity index is 802. The van der Waals surface area contributed by atoms with Crippen molar-refractivity contribution >= 4 is 17.3 Å². The Morgan fingerprint density at radius 3 is 2.56 bits per heavy atom. The molecule has 2 heterocycles. The lowest BCUT2D eigenvalue weighted by Crippen LogP contribution is -2.38. The lowest BCUT2D eigenvalue weighted by Gasteiger charge is -2.33. The van der Waals surface area contributed by atoms with Gasteiger partial charge in [-0.2, -0.15) is 5.26 Å². The Kier molecular flexibility index (Phi) is 4.99. The molecule has 0 atom stereocenters. The third-order valence-corrected chi connectivity index (χ3v) is 4.67. The van der Waals surface area contributed by atoms with Crippen molar-refractivity contribution in [3.05, 3.63) is 53.3 Å². The lowest BCUT2D eigenvalue weighted by atomic mass is 9.94. The van der Waals surface area contributed by atoms with Crippen LogP contribution >= 0.6 is 0 Å². The smallest absolute Gasteiger partial charge is 0.227 e. The summed E-state index contributed by atoms with van der Waals surface area (Å²) in [6, 6.07) is 13.8. The van der Waals surface area contributed by atoms with Crippen LogP contribution in [-0.2, 0) is 4.79 Å². The van der Waals surface area contributed by atoms with E-state index in [1.807, 2.05) is 50.2 Å². The van der Waals surface area contributed by atoms with E-state index in [4.69, 9.17) is 0 Å². The molecule has 25 heavy (non-hydrogen) atoms. The normalized spacial score (nSPS) is 14.8. The maximum Gasteiger partial charge on any atom is 0.227 e. The zero-order chi connectivity index (χ0) is 17.8. The fourth-order valence-corrected chi connectivity index (χ4v) is 3.34. The van der Waals surface area contributed by atoms with Crippen molar-refractivity contribution in [1.82, 2.24) is 4.98 Å². The van der Waals surface area contributed by atoms with Gasteiger partial charge < -0.3 is 10.2 Å². The Morgan fingerprint density at radius 2 is 1.92 bits per heavy atom. The average Bonchev–Trinajstić information content (AvgIpc) is 2.62. The molecule has 5 nitrogen and oxygen atoms in total. The molecule has 1 aliphatic heterocycles. The third kappa shape index (κ3) is 3.80. The number of aromatic nitrogens is 1. The van der Waals surface area contributed by atoms with Crippen LogP contribution in [0.5, 0.6) is 0 Å². The molecule has 5 heteroatoms. The minimum Gasteiger partial charge on any atom is -0.370 e. The van der Waals surface area contributed by atoms with Gasteiger partial charge in [0.05, 0.1) is 16.9 Å². The number of nitriles is 1. The van der Waals surface area contributed by atoms with Crippen LogP contribution in [0.2, 0.25) is 0 Å². The van der Waals surface area contributed by atoms with Crippen LogP contribution in [0.3, 0.4) is 0 Å². The van der Waals surface area contributed by atoms with Crippen molar-refractivity contribution in [3.8, 4) is 6.07 Å². The highest BCUT2D eigenvalue weighted by Crippen LogP contribution is 2.28. The molecule has 128 valence electrons. The first-order valence-electron chi connectivity index (χ1n) is 8.57. The van der Waals surface area contributed by atoms with Gasteiger partial charge in [-0.1, -0.05) is 18.2 Å². The number of benzene rings is 1. The summed E-state index contributed by atoms with van der Waals surface area (Å²) < 4.78 is 0. The number of hydrogen-bond acceptors (Lipinski definition) is 4. The highest BCUT2D eigenvalue weighted by molar-refractivity contribution is 5.92. The van der Waals surface area contributed by atoms with Gasteiger partial charge in [0, 0.05) is 30.4 Å². The Morgan fingerprint density at radius 1 is 1.24 bits per heavy atom. The number of amides is 1. The van der Waals surface area contributed by atoms with Crippen molar-refractivity contribution in [2.75, 3.05) is 23.3 Å². The van der Waals surface area contributed by atoms with E-state index in [9.17, 15) is 10.1 Å². The third-order valence-electron chi connectivity index (χ3n) is 4.67. The maximum atomic E-state index is 12.5. The standard InChI is InChI=1S/C20H22N4O/c1-14-12-19(18(13-21)15(2)22-14)24-10-8-16(9-11-24)20(25)23-17-6-4-3-5-7-17/h3-7,12,16H,8-11H2,1-2H3,(H,23,25). The van der Waals surface area contributed by atoms with Crippen LogP contribution in [0.25, 0.3) is 0 Å². The van der Waals surface area contributed by atoms with Crippen molar-refractivity contribution in [2.45, 2.75) is 26.7 Å². The molecule has 0 spiro atoms. The second-order valence-corrected chi connectivity index (χ2v) is 6.47. The van der Waals surface area contributed by atoms with Gasteiger partial charge in [0.1, 0.15) is 6.07 Å². The summed E-state index contributed by atoms with van der Waals surface area (Å²) in [6.07, 6.45) is 1.56. The molecule has 1 aromatic heterocycles. The fraction of sp³-hybridized carbons (Fsp3) is 0.350. The van der Waals surface area contributed by atoms with Gasteiger partial charge in [0.15, 0.2) is 0 Å². The van der Waals surface area contributed by atoms with E-state index in [1.165, 1.54) is 0 Å². The average molecular weight is 334 g/mol. The molecule has 1 saturated heterocycles. The van der Waals surface area contributed by atoms with Gasteiger partial charge in [0.2, 0.25) is 5.91 Å². The number of para-hydroxylation sites is 1. The predicted octanol–water partition coefficient (Wildman–Crippen LogP) is 3.43. The highest BCUT2D eigenvalue weighted by atomic mass is 16.1. The van der Waals surface area contributed by atoms with E-state index in [-0.39, 0.29) is 11.8 Å². The van der Waals surface area contributed by atoms with Crippen LogP contribution in [0, 0.1) is 31.1 Å². The SMILES string of the molecule is Cc1cc(N2CCC(C(=O)Nc3ccccc3)CC2)c(C#N)c(C)n1. The topological polar surface area (TPSA) is 69.0 Å². The molecule has 0 radical (unpaired) electrons. The minimum atomic E-state index is 0.00558. The maximum absolute atomic E-state index is 12.5. The van der Waals surface area contributed by atoms with Crippen LogP contribution < -0.4 is 10.2 Å². The number of hydrogen-bond donors (Lipinski definition) is 1. The summed E-state index contributed by atoms with van der Waals surface area (Å²) in [6.45, 7) is 5.35. The van der Waals surface area contributed by atoms with Gasteiger partial charge in [-0.25, -0.2) is 0 Å². The van der Waals surface area contributed by atoms with E-state index < -0.39 is 0 Å². The molecular formula is C20H22N4O. The molecule has 1 amide bonds. The van der Waals surface area contributed by atoms with Crippen LogP contribution in [0.4, 0.5) is 11.4 Å². The first kappa shape index (κ1) is 17.0. The monoisotopic (exact) mass is 334 g/mol. The number of rotatable bonds is 3. The molecule has 0 unspecified atom stereocenters. The molecule has 1 fully saturated rings. The largest absolute Gasteiger partial charge is 0.370 e. The minimum absolute atomic E-state index is 0.00558. The number of nitrogens with one attached hydrogen (secondary N) is 1. The molecule has 0 bridgehead atoms. The number of pyridine rings is 1. The Labute approximate surface area is 148 Å². The lowest BCUT2D eigenvalue weighted by molar-refractivity contribution is -0.120. The van der Waals surface area contributed by atoms with E-state index in [2.05, 4.69) is 21.3 Å². The number of aryl methyl sites for hydroxylation is 2. The Hall–Kier alpha value is -2.87. The summed E-state index contributed by atoms with van der Waals surface area (Å²) in [5, 5.41) is 12.4. The fourth-order valence-electron chi connectivity index (χ4n) is 3.34. The first-order chi connectivity index (χ1) is 12.1. The van der Waals surface area contributed by atoms with Crippen molar-refractivity contribution in [2.24, 2.45) is 5.92 Å². The molecular weight excluding hydrogens is 312 g/mol. The van der Waals surface area contributed by atoms with E-state index in [0.29, 0.717) is 5.56 Å². The van der Waals surface area contributed by atoms with Crippen LogP contribution in [-0.4, -0.2) is 24.0 Å². The predicted molar refractivity (Wildman–Crippen MR) is 98.4 cm³/mol. The highest BCUT2D eigenvalue weighted by Gasteiger charge is 2.26. The number of anilines is 2. The molecule has 3 rings (SSSR count). The van der Waals surface area contributed by atoms with Crippen LogP contribution in [0.1, 0.15) is 29.8 Å². The number of nitrogens with zero attached hydrogens (tertiary/aromatic N) is 3. The second kappa shape index (κ2) is 7.35. The molecule has 1 aliphatic rings. The van der Waals surface area contributed by atoms with Gasteiger partial charge >= 0.3 is 0 Å². The molecule has 0 aliphatic carbocycles. The number of piperidine rings is 1. The summed E-state index contributed by atoms with van der Waals surface area (Å²) in [4.78, 5) is 19.0. The Balaban J connectivity index is 1.66. The molecule has 1 N–H and O–H groups in total. The van der Waals surface area contributed by atoms with Gasteiger partial charge in [-0.15, -0.1) is 0 Å². The molecule has 2 aromatic rings. The van der Waals surface area contributed by atoms with E-state index in [1.54, 1.807) is 0 Å². The zero-order valence-electron chi connectivity index (χ0n) is 14.6. The van der Waals surface area contributed by atoms with Crippen LogP contribution in [0.15, 0.2) is 36.4 Å². The van der Waals surface area contributed by atoms with Gasteiger partial charge in [0.25, 0.3) is 0 Å². The number of carbonyl (C=O) groups is 1. The first-order valence-corrected chi connectivity index (χ1v) is 8.57. The quantitative estimate of drug-likeness (QED) is 0.934. The summed E-state index contributed by atoms with van der Waals surface area (Å²) in [5.74, 6) is 0.0828. The molecule has 0 saturated carbocycles. The van der Waals surface area contributed by atoms with E-state index >= 15 is 0 Å².